The Morgan fingerprint density at radius 1 is 1.75 bits per heavy atom. The normalized spacial score (nSPS) is 44.2. The summed E-state index contributed by atoms with van der Waals surface area (Å²) in [4.78, 5) is 21.9. The van der Waals surface area contributed by atoms with Crippen molar-refractivity contribution in [1.82, 2.24) is 0 Å². The maximum atomic E-state index is 11.3. The molecule has 1 aliphatic carbocycles. The molecule has 2 bridgehead atoms. The molecule has 0 saturated carbocycles. The number of rotatable bonds is 1. The van der Waals surface area contributed by atoms with Crippen LogP contribution in [0.15, 0.2) is 12.2 Å². The molecule has 0 aromatic carbocycles. The topological polar surface area (TPSA) is 43.4 Å². The molecule has 0 spiro atoms. The number of halogens is 1. The molecule has 0 aromatic rings. The van der Waals surface area contributed by atoms with Gasteiger partial charge < -0.3 is 9.53 Å². The zero-order valence-corrected chi connectivity index (χ0v) is 7.78. The number of alkyl halides is 1. The maximum absolute atomic E-state index is 11.3. The number of esters is 1. The van der Waals surface area contributed by atoms with E-state index >= 15 is 0 Å². The molecule has 2 heterocycles. The second-order valence-corrected chi connectivity index (χ2v) is 4.36. The van der Waals surface area contributed by atoms with Crippen molar-refractivity contribution in [3.05, 3.63) is 12.2 Å². The van der Waals surface area contributed by atoms with E-state index in [2.05, 4.69) is 15.9 Å². The van der Waals surface area contributed by atoms with Gasteiger partial charge in [-0.3, -0.25) is 4.79 Å². The van der Waals surface area contributed by atoms with E-state index in [0.29, 0.717) is 6.42 Å². The molecular formula is C8H7BrO3. The Kier molecular flexibility index (Phi) is 1.61. The van der Waals surface area contributed by atoms with Crippen LogP contribution in [0.4, 0.5) is 0 Å². The lowest BCUT2D eigenvalue weighted by Crippen LogP contribution is -2.51. The molecule has 0 N–H and O–H groups in total. The van der Waals surface area contributed by atoms with Crippen molar-refractivity contribution in [1.29, 1.82) is 0 Å². The average Bonchev–Trinajstić information content (AvgIpc) is 2.07. The van der Waals surface area contributed by atoms with Gasteiger partial charge in [0.05, 0.1) is 0 Å². The molecule has 3 aliphatic rings. The molecule has 3 nitrogen and oxygen atoms in total. The Morgan fingerprint density at radius 2 is 2.50 bits per heavy atom. The summed E-state index contributed by atoms with van der Waals surface area (Å²) in [5.74, 6) is -0.632. The van der Waals surface area contributed by atoms with Crippen molar-refractivity contribution in [2.24, 2.45) is 5.92 Å². The van der Waals surface area contributed by atoms with E-state index in [0.717, 1.165) is 6.29 Å². The van der Waals surface area contributed by atoms with Crippen molar-refractivity contribution in [3.63, 3.8) is 0 Å². The van der Waals surface area contributed by atoms with E-state index in [4.69, 9.17) is 4.74 Å². The number of fused-ring (bicyclic) bond motifs is 2. The van der Waals surface area contributed by atoms with Gasteiger partial charge in [-0.15, -0.1) is 0 Å². The van der Waals surface area contributed by atoms with Crippen LogP contribution in [0, 0.1) is 5.92 Å². The molecule has 0 radical (unpaired) electrons. The van der Waals surface area contributed by atoms with Crippen molar-refractivity contribution < 1.29 is 14.3 Å². The Bertz CT molecular complexity index is 273. The molecule has 2 aliphatic heterocycles. The standard InChI is InChI=1S/C8H7BrO3/c9-8-2-1-6(12-7(8)11)3-5(8)4-10/h1-2,4-6H,3H2/t5-,6-,8-/m1/s1. The fraction of sp³-hybridized carbons (Fsp3) is 0.500. The third kappa shape index (κ3) is 0.874. The molecule has 3 rings (SSSR count). The number of hydrogen-bond acceptors (Lipinski definition) is 3. The van der Waals surface area contributed by atoms with Gasteiger partial charge in [-0.05, 0) is 12.5 Å². The van der Waals surface area contributed by atoms with E-state index in [1.54, 1.807) is 6.08 Å². The highest BCUT2D eigenvalue weighted by atomic mass is 79.9. The van der Waals surface area contributed by atoms with Crippen LogP contribution >= 0.6 is 15.9 Å². The number of carbonyl (C=O) groups excluding carboxylic acids is 2. The molecule has 3 atom stereocenters. The van der Waals surface area contributed by atoms with E-state index in [-0.39, 0.29) is 18.0 Å². The SMILES string of the molecule is O=C[C@H]1C[C@H]2C=C[C@]1(Br)C(=O)O2. The van der Waals surface area contributed by atoms with E-state index in [9.17, 15) is 9.59 Å². The zero-order chi connectivity index (χ0) is 8.77. The van der Waals surface area contributed by atoms with Gasteiger partial charge in [0.1, 0.15) is 12.4 Å². The van der Waals surface area contributed by atoms with Crippen LogP contribution in [0.2, 0.25) is 0 Å². The van der Waals surface area contributed by atoms with Gasteiger partial charge in [0, 0.05) is 5.92 Å². The van der Waals surface area contributed by atoms with Crippen LogP contribution in [-0.2, 0) is 14.3 Å². The Hall–Kier alpha value is -0.640. The van der Waals surface area contributed by atoms with Crippen molar-refractivity contribution in [2.45, 2.75) is 16.8 Å². The van der Waals surface area contributed by atoms with Crippen LogP contribution in [0.25, 0.3) is 0 Å². The average molecular weight is 231 g/mol. The second kappa shape index (κ2) is 2.42. The first-order chi connectivity index (χ1) is 5.66. The fourth-order valence-electron chi connectivity index (χ4n) is 1.56. The van der Waals surface area contributed by atoms with Crippen LogP contribution in [0.5, 0.6) is 0 Å². The second-order valence-electron chi connectivity index (χ2n) is 3.05. The maximum Gasteiger partial charge on any atom is 0.328 e. The minimum atomic E-state index is -0.885. The largest absolute Gasteiger partial charge is 0.457 e. The Labute approximate surface area is 77.9 Å². The Morgan fingerprint density at radius 3 is 3.00 bits per heavy atom. The summed E-state index contributed by atoms with van der Waals surface area (Å²) in [5.41, 5.74) is 0. The fourth-order valence-corrected chi connectivity index (χ4v) is 2.10. The molecule has 0 amide bonds. The summed E-state index contributed by atoms with van der Waals surface area (Å²) in [6.07, 6.45) is 4.73. The molecule has 1 saturated heterocycles. The predicted octanol–water partition coefficient (Wildman–Crippen LogP) is 0.821. The molecule has 4 heteroatoms. The first-order valence-corrected chi connectivity index (χ1v) is 4.51. The zero-order valence-electron chi connectivity index (χ0n) is 6.20. The number of aldehydes is 1. The van der Waals surface area contributed by atoms with Crippen molar-refractivity contribution in [2.75, 3.05) is 0 Å². The first-order valence-electron chi connectivity index (χ1n) is 3.71. The third-order valence-electron chi connectivity index (χ3n) is 2.31. The molecule has 12 heavy (non-hydrogen) atoms. The highest BCUT2D eigenvalue weighted by Crippen LogP contribution is 2.42. The summed E-state index contributed by atoms with van der Waals surface area (Å²) in [7, 11) is 0. The lowest BCUT2D eigenvalue weighted by atomic mass is 9.81. The van der Waals surface area contributed by atoms with Gasteiger partial charge in [-0.25, -0.2) is 0 Å². The van der Waals surface area contributed by atoms with Gasteiger partial charge in [0.25, 0.3) is 0 Å². The molecule has 1 fully saturated rings. The Balaban J connectivity index is 2.43. The summed E-state index contributed by atoms with van der Waals surface area (Å²) in [6, 6.07) is 0. The molecule has 0 unspecified atom stereocenters. The van der Waals surface area contributed by atoms with Gasteiger partial charge in [0.15, 0.2) is 4.32 Å². The van der Waals surface area contributed by atoms with Gasteiger partial charge in [-0.1, -0.05) is 22.0 Å². The van der Waals surface area contributed by atoms with Crippen LogP contribution in [-0.4, -0.2) is 22.7 Å². The van der Waals surface area contributed by atoms with Gasteiger partial charge in [0.2, 0.25) is 0 Å². The van der Waals surface area contributed by atoms with Gasteiger partial charge in [-0.2, -0.15) is 0 Å². The summed E-state index contributed by atoms with van der Waals surface area (Å²) in [5, 5.41) is 0. The quantitative estimate of drug-likeness (QED) is 0.290. The van der Waals surface area contributed by atoms with Gasteiger partial charge >= 0.3 is 5.97 Å². The minimum absolute atomic E-state index is 0.202. The highest BCUT2D eigenvalue weighted by Gasteiger charge is 2.51. The number of carbonyl (C=O) groups is 2. The summed E-state index contributed by atoms with van der Waals surface area (Å²) < 4.78 is 4.10. The minimum Gasteiger partial charge on any atom is -0.457 e. The van der Waals surface area contributed by atoms with Crippen molar-refractivity contribution in [3.8, 4) is 0 Å². The highest BCUT2D eigenvalue weighted by molar-refractivity contribution is 9.10. The molecule has 0 aromatic heterocycles. The van der Waals surface area contributed by atoms with Crippen LogP contribution < -0.4 is 0 Å². The summed E-state index contributed by atoms with van der Waals surface area (Å²) in [6.45, 7) is 0. The lowest BCUT2D eigenvalue weighted by Gasteiger charge is -2.39. The third-order valence-corrected chi connectivity index (χ3v) is 3.49. The monoisotopic (exact) mass is 230 g/mol. The van der Waals surface area contributed by atoms with Crippen LogP contribution in [0.3, 0.4) is 0 Å². The van der Waals surface area contributed by atoms with Crippen molar-refractivity contribution >= 4 is 28.2 Å². The molecule has 64 valence electrons. The number of hydrogen-bond donors (Lipinski definition) is 0. The smallest absolute Gasteiger partial charge is 0.328 e. The first kappa shape index (κ1) is 7.98. The molecular weight excluding hydrogens is 224 g/mol. The summed E-state index contributed by atoms with van der Waals surface area (Å²) >= 11 is 3.23. The van der Waals surface area contributed by atoms with Crippen LogP contribution in [0.1, 0.15) is 6.42 Å². The lowest BCUT2D eigenvalue weighted by molar-refractivity contribution is -0.158. The predicted molar refractivity (Wildman–Crippen MR) is 44.8 cm³/mol. The van der Waals surface area contributed by atoms with E-state index in [1.807, 2.05) is 6.08 Å². The van der Waals surface area contributed by atoms with E-state index < -0.39 is 4.32 Å². The van der Waals surface area contributed by atoms with E-state index in [1.165, 1.54) is 0 Å². The number of ether oxygens (including phenoxy) is 1.